The minimum absolute atomic E-state index is 0.170. The molecule has 0 bridgehead atoms. The van der Waals surface area contributed by atoms with Crippen LogP contribution in [0, 0.1) is 6.92 Å². The number of carbonyl (C=O) groups is 1. The number of likely N-dealkylation sites (N-methyl/N-ethyl adjacent to an activating group) is 1. The van der Waals surface area contributed by atoms with Gasteiger partial charge in [0.2, 0.25) is 0 Å². The quantitative estimate of drug-likeness (QED) is 0.620. The van der Waals surface area contributed by atoms with Crippen LogP contribution < -0.4 is 10.2 Å². The Bertz CT molecular complexity index is 1130. The number of fused-ring (bicyclic) bond motifs is 1. The zero-order valence-corrected chi connectivity index (χ0v) is 18.4. The van der Waals surface area contributed by atoms with Crippen LogP contribution in [0.15, 0.2) is 54.9 Å². The van der Waals surface area contributed by atoms with Crippen molar-refractivity contribution in [1.82, 2.24) is 9.88 Å². The lowest BCUT2D eigenvalue weighted by Gasteiger charge is -2.22. The molecule has 0 spiro atoms. The summed E-state index contributed by atoms with van der Waals surface area (Å²) in [5.74, 6) is -0.953. The monoisotopic (exact) mass is 416 g/mol. The molecule has 0 unspecified atom stereocenters. The summed E-state index contributed by atoms with van der Waals surface area (Å²) in [6.07, 6.45) is 3.07. The Morgan fingerprint density at radius 3 is 2.74 bits per heavy atom. The fourth-order valence-corrected chi connectivity index (χ4v) is 4.30. The van der Waals surface area contributed by atoms with Gasteiger partial charge in [0.1, 0.15) is 0 Å². The smallest absolute Gasteiger partial charge is 0.337 e. The maximum Gasteiger partial charge on any atom is 0.337 e. The second kappa shape index (κ2) is 8.40. The van der Waals surface area contributed by atoms with Gasteiger partial charge in [0.15, 0.2) is 0 Å². The first-order valence-electron chi connectivity index (χ1n) is 10.4. The number of hydrogen-bond acceptors (Lipinski definition) is 5. The standard InChI is InChI=1S/C25H28N4O2/c1-16-11-19(28(2)3)6-8-20(16)17-5-7-21-18(12-17)15-29(4)24(21)14-27-23-13-26-10-9-22(23)25(30)31/h5-13,24,27H,14-15H2,1-4H3,(H,30,31)/t24-/m0/s1. The Morgan fingerprint density at radius 2 is 2.03 bits per heavy atom. The Balaban J connectivity index is 1.57. The summed E-state index contributed by atoms with van der Waals surface area (Å²) in [5, 5.41) is 12.7. The number of aromatic nitrogens is 1. The molecule has 0 aliphatic carbocycles. The van der Waals surface area contributed by atoms with E-state index in [0.717, 1.165) is 6.54 Å². The van der Waals surface area contributed by atoms with Crippen molar-refractivity contribution in [2.75, 3.05) is 37.9 Å². The third kappa shape index (κ3) is 4.11. The summed E-state index contributed by atoms with van der Waals surface area (Å²) in [7, 11) is 6.21. The molecule has 1 aliphatic rings. The van der Waals surface area contributed by atoms with Crippen LogP contribution in [-0.4, -0.2) is 48.6 Å². The summed E-state index contributed by atoms with van der Waals surface area (Å²) >= 11 is 0. The molecule has 31 heavy (non-hydrogen) atoms. The minimum Gasteiger partial charge on any atom is -0.478 e. The van der Waals surface area contributed by atoms with Crippen molar-refractivity contribution in [3.8, 4) is 11.1 Å². The highest BCUT2D eigenvalue weighted by Gasteiger charge is 2.28. The van der Waals surface area contributed by atoms with Crippen molar-refractivity contribution in [2.24, 2.45) is 0 Å². The van der Waals surface area contributed by atoms with E-state index < -0.39 is 5.97 Å². The van der Waals surface area contributed by atoms with Crippen LogP contribution in [0.2, 0.25) is 0 Å². The van der Waals surface area contributed by atoms with E-state index in [1.54, 1.807) is 6.20 Å². The van der Waals surface area contributed by atoms with Gasteiger partial charge in [0, 0.05) is 39.1 Å². The van der Waals surface area contributed by atoms with E-state index in [9.17, 15) is 9.90 Å². The average Bonchev–Trinajstić information content (AvgIpc) is 3.06. The zero-order chi connectivity index (χ0) is 22.1. The first-order valence-corrected chi connectivity index (χ1v) is 10.4. The molecule has 3 aromatic rings. The van der Waals surface area contributed by atoms with Gasteiger partial charge in [0.05, 0.1) is 23.5 Å². The van der Waals surface area contributed by atoms with E-state index in [2.05, 4.69) is 84.6 Å². The molecule has 1 aliphatic heterocycles. The highest BCUT2D eigenvalue weighted by Crippen LogP contribution is 2.36. The summed E-state index contributed by atoms with van der Waals surface area (Å²) in [6, 6.07) is 14.9. The number of carboxylic acids is 1. The lowest BCUT2D eigenvalue weighted by molar-refractivity contribution is 0.0697. The van der Waals surface area contributed by atoms with Gasteiger partial charge in [-0.3, -0.25) is 9.88 Å². The second-order valence-electron chi connectivity index (χ2n) is 8.35. The topological polar surface area (TPSA) is 68.7 Å². The number of nitrogens with zero attached hydrogens (tertiary/aromatic N) is 3. The molecule has 0 saturated heterocycles. The first kappa shape index (κ1) is 20.9. The van der Waals surface area contributed by atoms with Crippen LogP contribution in [0.4, 0.5) is 11.4 Å². The summed E-state index contributed by atoms with van der Waals surface area (Å²) < 4.78 is 0. The van der Waals surface area contributed by atoms with Crippen LogP contribution in [0.3, 0.4) is 0 Å². The van der Waals surface area contributed by atoms with Crippen LogP contribution >= 0.6 is 0 Å². The molecule has 4 rings (SSSR count). The van der Waals surface area contributed by atoms with E-state index in [4.69, 9.17) is 0 Å². The molecule has 1 aromatic heterocycles. The predicted octanol–water partition coefficient (Wildman–Crippen LogP) is 4.42. The van der Waals surface area contributed by atoms with Crippen molar-refractivity contribution in [1.29, 1.82) is 0 Å². The van der Waals surface area contributed by atoms with Gasteiger partial charge in [0.25, 0.3) is 0 Å². The molecule has 2 N–H and O–H groups in total. The van der Waals surface area contributed by atoms with Gasteiger partial charge in [-0.05, 0) is 66.1 Å². The Labute approximate surface area is 183 Å². The van der Waals surface area contributed by atoms with Crippen LogP contribution in [0.25, 0.3) is 11.1 Å². The number of nitrogens with one attached hydrogen (secondary N) is 1. The van der Waals surface area contributed by atoms with E-state index in [1.165, 1.54) is 45.8 Å². The largest absolute Gasteiger partial charge is 0.478 e. The number of aromatic carboxylic acids is 1. The fraction of sp³-hybridized carbons (Fsp3) is 0.280. The van der Waals surface area contributed by atoms with Gasteiger partial charge >= 0.3 is 5.97 Å². The Hall–Kier alpha value is -3.38. The van der Waals surface area contributed by atoms with E-state index in [1.807, 2.05) is 0 Å². The minimum atomic E-state index is -0.953. The molecule has 2 heterocycles. The van der Waals surface area contributed by atoms with Crippen molar-refractivity contribution in [3.63, 3.8) is 0 Å². The molecule has 0 radical (unpaired) electrons. The number of anilines is 2. The first-order chi connectivity index (χ1) is 14.8. The number of pyridine rings is 1. The molecular weight excluding hydrogens is 388 g/mol. The molecule has 0 fully saturated rings. The van der Waals surface area contributed by atoms with E-state index >= 15 is 0 Å². The Kier molecular flexibility index (Phi) is 5.65. The van der Waals surface area contributed by atoms with Crippen LogP contribution in [0.1, 0.15) is 33.1 Å². The van der Waals surface area contributed by atoms with Gasteiger partial charge < -0.3 is 15.3 Å². The normalized spacial score (nSPS) is 15.5. The van der Waals surface area contributed by atoms with Gasteiger partial charge in [-0.15, -0.1) is 0 Å². The highest BCUT2D eigenvalue weighted by atomic mass is 16.4. The third-order valence-corrected chi connectivity index (χ3v) is 6.03. The zero-order valence-electron chi connectivity index (χ0n) is 18.4. The van der Waals surface area contributed by atoms with Crippen molar-refractivity contribution < 1.29 is 9.90 Å². The number of rotatable bonds is 6. The second-order valence-corrected chi connectivity index (χ2v) is 8.35. The molecule has 6 heteroatoms. The van der Waals surface area contributed by atoms with Gasteiger partial charge in [-0.25, -0.2) is 4.79 Å². The molecule has 1 atom stereocenters. The fourth-order valence-electron chi connectivity index (χ4n) is 4.30. The molecule has 160 valence electrons. The number of benzene rings is 2. The number of hydrogen-bond donors (Lipinski definition) is 2. The lowest BCUT2D eigenvalue weighted by Crippen LogP contribution is -2.24. The van der Waals surface area contributed by atoms with Crippen LogP contribution in [-0.2, 0) is 6.54 Å². The molecule has 6 nitrogen and oxygen atoms in total. The number of aryl methyl sites for hydroxylation is 1. The highest BCUT2D eigenvalue weighted by molar-refractivity contribution is 5.93. The van der Waals surface area contributed by atoms with E-state index in [-0.39, 0.29) is 11.6 Å². The van der Waals surface area contributed by atoms with Crippen LogP contribution in [0.5, 0.6) is 0 Å². The molecular formula is C25H28N4O2. The maximum atomic E-state index is 11.5. The lowest BCUT2D eigenvalue weighted by atomic mass is 9.95. The molecule has 0 saturated carbocycles. The Morgan fingerprint density at radius 1 is 1.23 bits per heavy atom. The summed E-state index contributed by atoms with van der Waals surface area (Å²) in [4.78, 5) is 19.9. The maximum absolute atomic E-state index is 11.5. The molecule has 2 aromatic carbocycles. The van der Waals surface area contributed by atoms with Gasteiger partial charge in [-0.2, -0.15) is 0 Å². The van der Waals surface area contributed by atoms with Gasteiger partial charge in [-0.1, -0.05) is 18.2 Å². The summed E-state index contributed by atoms with van der Waals surface area (Å²) in [6.45, 7) is 3.64. The SMILES string of the molecule is Cc1cc(N(C)C)ccc1-c1ccc2c(c1)CN(C)[C@H]2CNc1cnccc1C(=O)O. The average molecular weight is 417 g/mol. The summed E-state index contributed by atoms with van der Waals surface area (Å²) in [5.41, 5.74) is 8.31. The third-order valence-electron chi connectivity index (χ3n) is 6.03. The predicted molar refractivity (Wildman–Crippen MR) is 125 cm³/mol. The van der Waals surface area contributed by atoms with Crippen molar-refractivity contribution in [3.05, 3.63) is 77.1 Å². The van der Waals surface area contributed by atoms with E-state index in [0.29, 0.717) is 12.2 Å². The molecule has 0 amide bonds. The van der Waals surface area contributed by atoms with Crippen molar-refractivity contribution in [2.45, 2.75) is 19.5 Å². The number of carboxylic acid groups (broad SMARTS) is 1. The van der Waals surface area contributed by atoms with Crippen molar-refractivity contribution >= 4 is 17.3 Å².